The number of halogens is 1. The highest BCUT2D eigenvalue weighted by molar-refractivity contribution is 7.09. The summed E-state index contributed by atoms with van der Waals surface area (Å²) in [6.45, 7) is 3.65. The number of H-pyrrole nitrogens is 1. The topological polar surface area (TPSA) is 88.3 Å². The van der Waals surface area contributed by atoms with Crippen LogP contribution < -0.4 is 5.32 Å². The van der Waals surface area contributed by atoms with Gasteiger partial charge in [0.15, 0.2) is 0 Å². The zero-order valence-corrected chi connectivity index (χ0v) is 16.7. The number of hydrogen-bond acceptors (Lipinski definition) is 5. The third-order valence-corrected chi connectivity index (χ3v) is 5.11. The molecule has 150 valence electrons. The zero-order chi connectivity index (χ0) is 21.0. The summed E-state index contributed by atoms with van der Waals surface area (Å²) in [6, 6.07) is 9.02. The predicted molar refractivity (Wildman–Crippen MR) is 107 cm³/mol. The minimum Gasteiger partial charge on any atom is -0.462 e. The Morgan fingerprint density at radius 3 is 2.52 bits per heavy atom. The van der Waals surface area contributed by atoms with Crippen LogP contribution in [0.15, 0.2) is 41.8 Å². The quantitative estimate of drug-likeness (QED) is 0.349. The van der Waals surface area contributed by atoms with Gasteiger partial charge in [0.1, 0.15) is 11.5 Å². The number of amides is 1. The fraction of sp³-hybridized carbons (Fsp3) is 0.190. The number of thiophene rings is 1. The van der Waals surface area contributed by atoms with E-state index in [9.17, 15) is 18.8 Å². The summed E-state index contributed by atoms with van der Waals surface area (Å²) < 4.78 is 18.5. The van der Waals surface area contributed by atoms with E-state index in [2.05, 4.69) is 10.3 Å². The summed E-state index contributed by atoms with van der Waals surface area (Å²) in [6.07, 6.45) is 0. The molecule has 8 heteroatoms. The van der Waals surface area contributed by atoms with Crippen LogP contribution in [0.4, 0.5) is 4.39 Å². The van der Waals surface area contributed by atoms with E-state index in [4.69, 9.17) is 4.74 Å². The summed E-state index contributed by atoms with van der Waals surface area (Å²) in [5, 5.41) is 4.45. The van der Waals surface area contributed by atoms with Crippen molar-refractivity contribution in [2.75, 3.05) is 6.61 Å². The Kier molecular flexibility index (Phi) is 6.23. The third kappa shape index (κ3) is 4.43. The molecule has 0 saturated heterocycles. The number of aryl methyl sites for hydroxylation is 1. The molecule has 0 aliphatic heterocycles. The van der Waals surface area contributed by atoms with Gasteiger partial charge in [-0.05, 0) is 43.0 Å². The number of hydrogen-bond donors (Lipinski definition) is 2. The number of carbonyl (C=O) groups excluding carboxylic acids is 3. The molecule has 2 N–H and O–H groups in total. The number of benzene rings is 1. The second kappa shape index (κ2) is 8.83. The lowest BCUT2D eigenvalue weighted by Crippen LogP contribution is -2.31. The molecule has 2 aromatic heterocycles. The number of aromatic amines is 1. The van der Waals surface area contributed by atoms with E-state index in [1.54, 1.807) is 13.8 Å². The molecule has 0 aliphatic rings. The number of aromatic nitrogens is 1. The van der Waals surface area contributed by atoms with Crippen molar-refractivity contribution in [2.45, 2.75) is 20.4 Å². The van der Waals surface area contributed by atoms with Crippen LogP contribution in [0.5, 0.6) is 0 Å². The fourth-order valence-electron chi connectivity index (χ4n) is 2.93. The molecule has 6 nitrogen and oxygen atoms in total. The van der Waals surface area contributed by atoms with Crippen molar-refractivity contribution in [3.05, 3.63) is 69.4 Å². The minimum absolute atomic E-state index is 0.0409. The smallest absolute Gasteiger partial charge is 0.340 e. The number of esters is 1. The Morgan fingerprint density at radius 1 is 1.17 bits per heavy atom. The lowest BCUT2D eigenvalue weighted by molar-refractivity contribution is -0.117. The molecule has 3 aromatic rings. The van der Waals surface area contributed by atoms with Gasteiger partial charge < -0.3 is 15.0 Å². The Labute approximate surface area is 170 Å². The number of ether oxygens (including phenoxy) is 1. The van der Waals surface area contributed by atoms with Crippen LogP contribution >= 0.6 is 11.3 Å². The van der Waals surface area contributed by atoms with Crippen molar-refractivity contribution >= 4 is 29.0 Å². The monoisotopic (exact) mass is 414 g/mol. The zero-order valence-electron chi connectivity index (χ0n) is 15.9. The van der Waals surface area contributed by atoms with E-state index >= 15 is 0 Å². The fourth-order valence-corrected chi connectivity index (χ4v) is 3.58. The highest BCUT2D eigenvalue weighted by Crippen LogP contribution is 2.31. The summed E-state index contributed by atoms with van der Waals surface area (Å²) in [5.41, 5.74) is 1.14. The normalized spacial score (nSPS) is 10.6. The van der Waals surface area contributed by atoms with Crippen LogP contribution in [-0.4, -0.2) is 29.3 Å². The van der Waals surface area contributed by atoms with Gasteiger partial charge in [-0.3, -0.25) is 9.59 Å². The number of rotatable bonds is 7. The van der Waals surface area contributed by atoms with Gasteiger partial charge >= 0.3 is 5.97 Å². The summed E-state index contributed by atoms with van der Waals surface area (Å²) >= 11 is 1.46. The maximum atomic E-state index is 13.4. The Hall–Kier alpha value is -3.26. The summed E-state index contributed by atoms with van der Waals surface area (Å²) in [5.74, 6) is -2.71. The van der Waals surface area contributed by atoms with E-state index < -0.39 is 23.5 Å². The number of carbonyl (C=O) groups is 3. The molecule has 0 atom stereocenters. The first-order valence-corrected chi connectivity index (χ1v) is 9.80. The highest BCUT2D eigenvalue weighted by Gasteiger charge is 2.29. The minimum atomic E-state index is -0.820. The maximum absolute atomic E-state index is 13.4. The predicted octanol–water partition coefficient (Wildman–Crippen LogP) is 3.87. The van der Waals surface area contributed by atoms with Gasteiger partial charge in [0, 0.05) is 16.1 Å². The molecule has 0 radical (unpaired) electrons. The van der Waals surface area contributed by atoms with Gasteiger partial charge in [0.2, 0.25) is 0 Å². The SMILES string of the molecule is CCOC(=O)c1c(C)[nH]c(C(=O)C(=O)NCc2cccs2)c1-c1ccc(F)cc1. The molecule has 29 heavy (non-hydrogen) atoms. The maximum Gasteiger partial charge on any atom is 0.340 e. The van der Waals surface area contributed by atoms with Gasteiger partial charge in [0.25, 0.3) is 11.7 Å². The molecule has 1 amide bonds. The molecule has 0 unspecified atom stereocenters. The Balaban J connectivity index is 1.99. The number of ketones is 1. The molecule has 2 heterocycles. The number of nitrogens with one attached hydrogen (secondary N) is 2. The van der Waals surface area contributed by atoms with Gasteiger partial charge in [-0.25, -0.2) is 9.18 Å². The molecule has 0 spiro atoms. The summed E-state index contributed by atoms with van der Waals surface area (Å²) in [7, 11) is 0. The van der Waals surface area contributed by atoms with Gasteiger partial charge in [0.05, 0.1) is 18.7 Å². The van der Waals surface area contributed by atoms with E-state index in [1.165, 1.54) is 35.6 Å². The molecular weight excluding hydrogens is 395 g/mol. The van der Waals surface area contributed by atoms with Gasteiger partial charge in [-0.2, -0.15) is 0 Å². The van der Waals surface area contributed by atoms with E-state index in [0.29, 0.717) is 11.3 Å². The lowest BCUT2D eigenvalue weighted by Gasteiger charge is -2.08. The highest BCUT2D eigenvalue weighted by atomic mass is 32.1. The van der Waals surface area contributed by atoms with Crippen molar-refractivity contribution in [3.63, 3.8) is 0 Å². The largest absolute Gasteiger partial charge is 0.462 e. The van der Waals surface area contributed by atoms with Crippen molar-refractivity contribution in [3.8, 4) is 11.1 Å². The van der Waals surface area contributed by atoms with Crippen LogP contribution in [-0.2, 0) is 16.1 Å². The Morgan fingerprint density at radius 2 is 1.90 bits per heavy atom. The third-order valence-electron chi connectivity index (χ3n) is 4.24. The van der Waals surface area contributed by atoms with E-state index in [-0.39, 0.29) is 30.0 Å². The standard InChI is InChI=1S/C21H19FN2O4S/c1-3-28-21(27)16-12(2)24-18(17(16)13-6-8-14(22)9-7-13)19(25)20(26)23-11-15-5-4-10-29-15/h4-10,24H,3,11H2,1-2H3,(H,23,26). The van der Waals surface area contributed by atoms with Gasteiger partial charge in [-0.1, -0.05) is 18.2 Å². The van der Waals surface area contributed by atoms with Crippen LogP contribution in [0.3, 0.4) is 0 Å². The number of Topliss-reactive ketones (excluding diaryl/α,β-unsaturated/α-hetero) is 1. The summed E-state index contributed by atoms with van der Waals surface area (Å²) in [4.78, 5) is 41.5. The van der Waals surface area contributed by atoms with Crippen molar-refractivity contribution in [2.24, 2.45) is 0 Å². The Bertz CT molecular complexity index is 1040. The van der Waals surface area contributed by atoms with Gasteiger partial charge in [-0.15, -0.1) is 11.3 Å². The van der Waals surface area contributed by atoms with Crippen LogP contribution in [0.1, 0.15) is 38.3 Å². The van der Waals surface area contributed by atoms with Crippen LogP contribution in [0.25, 0.3) is 11.1 Å². The van der Waals surface area contributed by atoms with E-state index in [0.717, 1.165) is 4.88 Å². The van der Waals surface area contributed by atoms with E-state index in [1.807, 2.05) is 17.5 Å². The van der Waals surface area contributed by atoms with Crippen LogP contribution in [0.2, 0.25) is 0 Å². The molecule has 0 fully saturated rings. The average molecular weight is 414 g/mol. The van der Waals surface area contributed by atoms with Crippen LogP contribution in [0, 0.1) is 12.7 Å². The molecule has 0 saturated carbocycles. The molecule has 0 aliphatic carbocycles. The first kappa shape index (κ1) is 20.5. The molecule has 0 bridgehead atoms. The molecule has 1 aromatic carbocycles. The van der Waals surface area contributed by atoms with Crippen molar-refractivity contribution in [1.82, 2.24) is 10.3 Å². The first-order valence-electron chi connectivity index (χ1n) is 8.92. The lowest BCUT2D eigenvalue weighted by atomic mass is 9.98. The van der Waals surface area contributed by atoms with Crippen molar-refractivity contribution in [1.29, 1.82) is 0 Å². The second-order valence-electron chi connectivity index (χ2n) is 6.19. The molecule has 3 rings (SSSR count). The first-order chi connectivity index (χ1) is 13.9. The van der Waals surface area contributed by atoms with Crippen molar-refractivity contribution < 1.29 is 23.5 Å². The second-order valence-corrected chi connectivity index (χ2v) is 7.23. The molecular formula is C21H19FN2O4S. The average Bonchev–Trinajstić information content (AvgIpc) is 3.34.